The van der Waals surface area contributed by atoms with E-state index < -0.39 is 0 Å². The van der Waals surface area contributed by atoms with Crippen LogP contribution in [-0.4, -0.2) is 25.3 Å². The van der Waals surface area contributed by atoms with E-state index >= 15 is 0 Å². The van der Waals surface area contributed by atoms with Crippen molar-refractivity contribution < 1.29 is 9.47 Å². The van der Waals surface area contributed by atoms with Crippen LogP contribution >= 0.6 is 0 Å². The quantitative estimate of drug-likeness (QED) is 0.884. The summed E-state index contributed by atoms with van der Waals surface area (Å²) in [5.74, 6) is 0.924. The minimum atomic E-state index is 0.149. The fraction of sp³-hybridized carbons (Fsp3) is 0.625. The third kappa shape index (κ3) is 4.51. The average Bonchev–Trinajstić information content (AvgIpc) is 2.40. The molecule has 1 heterocycles. The highest BCUT2D eigenvalue weighted by molar-refractivity contribution is 5.28. The first kappa shape index (κ1) is 14.4. The number of rotatable bonds is 5. The van der Waals surface area contributed by atoms with Crippen molar-refractivity contribution in [1.29, 1.82) is 0 Å². The molecule has 1 aromatic carbocycles. The van der Waals surface area contributed by atoms with Gasteiger partial charge in [-0.2, -0.15) is 0 Å². The zero-order valence-electron chi connectivity index (χ0n) is 12.2. The maximum absolute atomic E-state index is 6.12. The fourth-order valence-corrected chi connectivity index (χ4v) is 2.39. The molecule has 0 saturated carbocycles. The number of benzene rings is 1. The molecule has 106 valence electrons. The molecule has 3 heteroatoms. The van der Waals surface area contributed by atoms with Crippen LogP contribution in [0.15, 0.2) is 24.3 Å². The SMILES string of the molecule is CC(C)Oc1ccc(C(C)OC2CCNCC2)cc1. The number of piperidine rings is 1. The Kier molecular flexibility index (Phi) is 5.23. The molecule has 1 atom stereocenters. The summed E-state index contributed by atoms with van der Waals surface area (Å²) in [5.41, 5.74) is 1.22. The van der Waals surface area contributed by atoms with Crippen LogP contribution in [0.3, 0.4) is 0 Å². The lowest BCUT2D eigenvalue weighted by Crippen LogP contribution is -2.32. The van der Waals surface area contributed by atoms with Gasteiger partial charge in [0, 0.05) is 0 Å². The molecule has 0 aromatic heterocycles. The Morgan fingerprint density at radius 3 is 2.26 bits per heavy atom. The third-order valence-corrected chi connectivity index (χ3v) is 3.40. The van der Waals surface area contributed by atoms with Crippen LogP contribution in [0.2, 0.25) is 0 Å². The monoisotopic (exact) mass is 263 g/mol. The number of nitrogens with one attached hydrogen (secondary N) is 1. The first-order valence-electron chi connectivity index (χ1n) is 7.28. The number of hydrogen-bond acceptors (Lipinski definition) is 3. The molecule has 0 radical (unpaired) electrons. The van der Waals surface area contributed by atoms with Gasteiger partial charge in [-0.3, -0.25) is 0 Å². The molecule has 1 unspecified atom stereocenters. The lowest BCUT2D eigenvalue weighted by Gasteiger charge is -2.26. The summed E-state index contributed by atoms with van der Waals surface area (Å²) in [4.78, 5) is 0. The Hall–Kier alpha value is -1.06. The van der Waals surface area contributed by atoms with Crippen LogP contribution in [0, 0.1) is 0 Å². The van der Waals surface area contributed by atoms with E-state index in [1.165, 1.54) is 5.56 Å². The molecule has 2 rings (SSSR count). The zero-order valence-corrected chi connectivity index (χ0v) is 12.2. The second-order valence-corrected chi connectivity index (χ2v) is 5.46. The van der Waals surface area contributed by atoms with Gasteiger partial charge in [-0.05, 0) is 64.4 Å². The standard InChI is InChI=1S/C16H25NO2/c1-12(2)18-15-6-4-14(5-7-15)13(3)19-16-8-10-17-11-9-16/h4-7,12-13,16-17H,8-11H2,1-3H3. The lowest BCUT2D eigenvalue weighted by molar-refractivity contribution is -0.0186. The second kappa shape index (κ2) is 6.92. The van der Waals surface area contributed by atoms with Crippen molar-refractivity contribution in [2.75, 3.05) is 13.1 Å². The molecule has 0 amide bonds. The Morgan fingerprint density at radius 1 is 1.05 bits per heavy atom. The van der Waals surface area contributed by atoms with E-state index in [-0.39, 0.29) is 12.2 Å². The average molecular weight is 263 g/mol. The van der Waals surface area contributed by atoms with Gasteiger partial charge in [0.1, 0.15) is 5.75 Å². The molecule has 0 spiro atoms. The third-order valence-electron chi connectivity index (χ3n) is 3.40. The summed E-state index contributed by atoms with van der Waals surface area (Å²) in [6.07, 6.45) is 2.98. The Morgan fingerprint density at radius 2 is 1.68 bits per heavy atom. The van der Waals surface area contributed by atoms with Crippen LogP contribution in [-0.2, 0) is 4.74 Å². The molecule has 19 heavy (non-hydrogen) atoms. The highest BCUT2D eigenvalue weighted by Crippen LogP contribution is 2.24. The molecule has 1 aliphatic rings. The van der Waals surface area contributed by atoms with Crippen molar-refractivity contribution in [3.05, 3.63) is 29.8 Å². The van der Waals surface area contributed by atoms with Gasteiger partial charge in [-0.25, -0.2) is 0 Å². The van der Waals surface area contributed by atoms with Crippen LogP contribution < -0.4 is 10.1 Å². The highest BCUT2D eigenvalue weighted by atomic mass is 16.5. The van der Waals surface area contributed by atoms with Crippen molar-refractivity contribution in [2.24, 2.45) is 0 Å². The Bertz CT molecular complexity index is 369. The van der Waals surface area contributed by atoms with Crippen LogP contribution in [0.5, 0.6) is 5.75 Å². The summed E-state index contributed by atoms with van der Waals surface area (Å²) in [6, 6.07) is 8.25. The zero-order chi connectivity index (χ0) is 13.7. The maximum Gasteiger partial charge on any atom is 0.119 e. The van der Waals surface area contributed by atoms with Gasteiger partial charge >= 0.3 is 0 Å². The predicted octanol–water partition coefficient (Wildman–Crippen LogP) is 3.30. The molecular weight excluding hydrogens is 238 g/mol. The van der Waals surface area contributed by atoms with E-state index in [0.717, 1.165) is 31.7 Å². The fourth-order valence-electron chi connectivity index (χ4n) is 2.39. The highest BCUT2D eigenvalue weighted by Gasteiger charge is 2.17. The van der Waals surface area contributed by atoms with Crippen molar-refractivity contribution in [3.63, 3.8) is 0 Å². The number of ether oxygens (including phenoxy) is 2. The minimum Gasteiger partial charge on any atom is -0.491 e. The van der Waals surface area contributed by atoms with E-state index in [1.54, 1.807) is 0 Å². The van der Waals surface area contributed by atoms with Crippen molar-refractivity contribution in [3.8, 4) is 5.75 Å². The molecule has 1 fully saturated rings. The smallest absolute Gasteiger partial charge is 0.119 e. The molecule has 0 bridgehead atoms. The van der Waals surface area contributed by atoms with Crippen molar-refractivity contribution in [1.82, 2.24) is 5.32 Å². The normalized spacial score (nSPS) is 18.5. The molecule has 1 saturated heterocycles. The largest absolute Gasteiger partial charge is 0.491 e. The summed E-state index contributed by atoms with van der Waals surface area (Å²) in [5, 5.41) is 3.36. The summed E-state index contributed by atoms with van der Waals surface area (Å²) >= 11 is 0. The summed E-state index contributed by atoms with van der Waals surface area (Å²) in [6.45, 7) is 8.34. The van der Waals surface area contributed by atoms with Gasteiger partial charge in [0.15, 0.2) is 0 Å². The van der Waals surface area contributed by atoms with Gasteiger partial charge in [0.2, 0.25) is 0 Å². The van der Waals surface area contributed by atoms with Crippen LogP contribution in [0.25, 0.3) is 0 Å². The summed E-state index contributed by atoms with van der Waals surface area (Å²) < 4.78 is 11.8. The topological polar surface area (TPSA) is 30.5 Å². The molecule has 1 N–H and O–H groups in total. The van der Waals surface area contributed by atoms with Gasteiger partial charge in [0.05, 0.1) is 18.3 Å². The minimum absolute atomic E-state index is 0.149. The first-order chi connectivity index (χ1) is 9.15. The molecule has 1 aliphatic heterocycles. The number of hydrogen-bond donors (Lipinski definition) is 1. The molecule has 3 nitrogen and oxygen atoms in total. The first-order valence-corrected chi connectivity index (χ1v) is 7.28. The van der Waals surface area contributed by atoms with E-state index in [2.05, 4.69) is 24.4 Å². The van der Waals surface area contributed by atoms with E-state index in [0.29, 0.717) is 6.10 Å². The van der Waals surface area contributed by atoms with E-state index in [9.17, 15) is 0 Å². The van der Waals surface area contributed by atoms with Crippen molar-refractivity contribution in [2.45, 2.75) is 51.9 Å². The van der Waals surface area contributed by atoms with E-state index in [1.807, 2.05) is 26.0 Å². The second-order valence-electron chi connectivity index (χ2n) is 5.46. The van der Waals surface area contributed by atoms with Gasteiger partial charge in [0.25, 0.3) is 0 Å². The lowest BCUT2D eigenvalue weighted by atomic mass is 10.1. The van der Waals surface area contributed by atoms with Crippen LogP contribution in [0.1, 0.15) is 45.3 Å². The Labute approximate surface area is 116 Å². The van der Waals surface area contributed by atoms with Gasteiger partial charge in [-0.1, -0.05) is 12.1 Å². The summed E-state index contributed by atoms with van der Waals surface area (Å²) in [7, 11) is 0. The molecule has 1 aromatic rings. The van der Waals surface area contributed by atoms with Gasteiger partial charge < -0.3 is 14.8 Å². The molecule has 0 aliphatic carbocycles. The van der Waals surface area contributed by atoms with E-state index in [4.69, 9.17) is 9.47 Å². The Balaban J connectivity index is 1.89. The van der Waals surface area contributed by atoms with Gasteiger partial charge in [-0.15, -0.1) is 0 Å². The molecular formula is C16H25NO2. The van der Waals surface area contributed by atoms with Crippen molar-refractivity contribution >= 4 is 0 Å². The maximum atomic E-state index is 6.12. The van der Waals surface area contributed by atoms with Crippen LogP contribution in [0.4, 0.5) is 0 Å². The predicted molar refractivity (Wildman–Crippen MR) is 77.6 cm³/mol.